The molecular formula is C13H8Cl2FNO. The van der Waals surface area contributed by atoms with Gasteiger partial charge in [-0.2, -0.15) is 9.13 Å². The number of benzene rings is 2. The second-order valence-corrected chi connectivity index (χ2v) is 4.42. The minimum atomic E-state index is -0.737. The highest BCUT2D eigenvalue weighted by Gasteiger charge is 2.13. The quantitative estimate of drug-likeness (QED) is 0.347. The Hall–Kier alpha value is -1.58. The summed E-state index contributed by atoms with van der Waals surface area (Å²) in [5.74, 6) is -0.737. The van der Waals surface area contributed by atoms with E-state index in [9.17, 15) is 9.60 Å². The molecule has 2 aromatic carbocycles. The van der Waals surface area contributed by atoms with E-state index in [1.54, 1.807) is 24.3 Å². The van der Waals surface area contributed by atoms with Crippen molar-refractivity contribution >= 4 is 35.1 Å². The molecule has 2 nitrogen and oxygen atoms in total. The van der Waals surface area contributed by atoms with Crippen molar-refractivity contribution in [2.75, 3.05) is 0 Å². The van der Waals surface area contributed by atoms with Crippen molar-refractivity contribution in [2.24, 2.45) is 0 Å². The standard InChI is InChI=1S/C13H8Cl2FNO/c14-10-6-4-9(5-7-10)8-17(18)12-3-1-2-11(15)13(12)16/h1-8H. The Bertz CT molecular complexity index is 596. The number of halogens is 3. The van der Waals surface area contributed by atoms with E-state index in [4.69, 9.17) is 23.2 Å². The number of hydrogen-bond acceptors (Lipinski definition) is 1. The minimum absolute atomic E-state index is 0.0853. The van der Waals surface area contributed by atoms with Crippen LogP contribution in [0.1, 0.15) is 5.56 Å². The molecule has 0 unspecified atom stereocenters. The highest BCUT2D eigenvalue weighted by molar-refractivity contribution is 6.31. The van der Waals surface area contributed by atoms with E-state index in [2.05, 4.69) is 0 Å². The molecule has 0 aliphatic carbocycles. The summed E-state index contributed by atoms with van der Waals surface area (Å²) in [6, 6.07) is 10.9. The smallest absolute Gasteiger partial charge is 0.254 e. The largest absolute Gasteiger partial charge is 0.618 e. The van der Waals surface area contributed by atoms with Gasteiger partial charge in [-0.25, -0.2) is 0 Å². The van der Waals surface area contributed by atoms with Gasteiger partial charge in [0.25, 0.3) is 5.69 Å². The molecule has 0 saturated carbocycles. The minimum Gasteiger partial charge on any atom is -0.618 e. The summed E-state index contributed by atoms with van der Waals surface area (Å²) in [5, 5.41) is 12.3. The predicted molar refractivity (Wildman–Crippen MR) is 71.3 cm³/mol. The molecule has 0 bridgehead atoms. The van der Waals surface area contributed by atoms with E-state index in [0.29, 0.717) is 15.3 Å². The van der Waals surface area contributed by atoms with Gasteiger partial charge < -0.3 is 5.21 Å². The topological polar surface area (TPSA) is 26.1 Å². The maximum atomic E-state index is 13.6. The third-order valence-electron chi connectivity index (χ3n) is 2.30. The fraction of sp³-hybridized carbons (Fsp3) is 0. The Labute approximate surface area is 113 Å². The van der Waals surface area contributed by atoms with E-state index in [1.165, 1.54) is 24.4 Å². The Morgan fingerprint density at radius 3 is 2.39 bits per heavy atom. The van der Waals surface area contributed by atoms with E-state index in [-0.39, 0.29) is 10.7 Å². The molecule has 0 amide bonds. The third kappa shape index (κ3) is 2.81. The molecule has 2 aromatic rings. The highest BCUT2D eigenvalue weighted by Crippen LogP contribution is 2.23. The fourth-order valence-electron chi connectivity index (χ4n) is 1.42. The van der Waals surface area contributed by atoms with Crippen LogP contribution in [0.5, 0.6) is 0 Å². The van der Waals surface area contributed by atoms with Gasteiger partial charge in [-0.1, -0.05) is 29.3 Å². The zero-order valence-electron chi connectivity index (χ0n) is 9.11. The summed E-state index contributed by atoms with van der Waals surface area (Å²) < 4.78 is 14.0. The zero-order valence-corrected chi connectivity index (χ0v) is 10.6. The SMILES string of the molecule is [O-][N+](=Cc1ccc(Cl)cc1)c1cccc(Cl)c1F. The molecule has 5 heteroatoms. The molecule has 18 heavy (non-hydrogen) atoms. The summed E-state index contributed by atoms with van der Waals surface area (Å²) in [6.07, 6.45) is 1.26. The fourth-order valence-corrected chi connectivity index (χ4v) is 1.71. The van der Waals surface area contributed by atoms with Crippen LogP contribution in [0.15, 0.2) is 42.5 Å². The second kappa shape index (κ2) is 5.38. The van der Waals surface area contributed by atoms with Crippen molar-refractivity contribution in [3.63, 3.8) is 0 Å². The summed E-state index contributed by atoms with van der Waals surface area (Å²) >= 11 is 11.3. The maximum absolute atomic E-state index is 13.6. The Balaban J connectivity index is 2.39. The molecule has 0 spiro atoms. The normalized spacial score (nSPS) is 11.6. The summed E-state index contributed by atoms with van der Waals surface area (Å²) in [4.78, 5) is 0. The van der Waals surface area contributed by atoms with Crippen LogP contribution in [0, 0.1) is 11.0 Å². The van der Waals surface area contributed by atoms with Gasteiger partial charge in [0.15, 0.2) is 6.21 Å². The molecule has 92 valence electrons. The maximum Gasteiger partial charge on any atom is 0.254 e. The van der Waals surface area contributed by atoms with Gasteiger partial charge in [-0.3, -0.25) is 0 Å². The Morgan fingerprint density at radius 2 is 1.72 bits per heavy atom. The average molecular weight is 284 g/mol. The Kier molecular flexibility index (Phi) is 3.84. The average Bonchev–Trinajstić information content (AvgIpc) is 2.35. The van der Waals surface area contributed by atoms with Crippen LogP contribution in [0.2, 0.25) is 10.0 Å². The molecule has 0 atom stereocenters. The molecule has 2 rings (SSSR count). The first-order valence-corrected chi connectivity index (χ1v) is 5.84. The lowest BCUT2D eigenvalue weighted by molar-refractivity contribution is -0.357. The molecular weight excluding hydrogens is 276 g/mol. The Morgan fingerprint density at radius 1 is 1.06 bits per heavy atom. The van der Waals surface area contributed by atoms with Crippen molar-refractivity contribution < 1.29 is 9.13 Å². The molecule has 0 heterocycles. The van der Waals surface area contributed by atoms with Crippen LogP contribution in [-0.2, 0) is 0 Å². The van der Waals surface area contributed by atoms with Gasteiger partial charge in [0.2, 0.25) is 5.82 Å². The summed E-state index contributed by atoms with van der Waals surface area (Å²) in [5.41, 5.74) is 0.492. The molecule has 0 saturated heterocycles. The number of rotatable bonds is 2. The number of hydrogen-bond donors (Lipinski definition) is 0. The van der Waals surface area contributed by atoms with Gasteiger partial charge in [-0.05, 0) is 30.3 Å². The van der Waals surface area contributed by atoms with Gasteiger partial charge >= 0.3 is 0 Å². The molecule has 0 aliphatic heterocycles. The van der Waals surface area contributed by atoms with E-state index in [1.807, 2.05) is 0 Å². The monoisotopic (exact) mass is 283 g/mol. The van der Waals surface area contributed by atoms with Crippen molar-refractivity contribution in [1.29, 1.82) is 0 Å². The lowest BCUT2D eigenvalue weighted by Crippen LogP contribution is -2.01. The van der Waals surface area contributed by atoms with Crippen LogP contribution in [0.25, 0.3) is 0 Å². The highest BCUT2D eigenvalue weighted by atomic mass is 35.5. The second-order valence-electron chi connectivity index (χ2n) is 3.58. The first-order valence-electron chi connectivity index (χ1n) is 5.09. The molecule has 0 radical (unpaired) electrons. The van der Waals surface area contributed by atoms with Crippen LogP contribution >= 0.6 is 23.2 Å². The van der Waals surface area contributed by atoms with Gasteiger partial charge in [-0.15, -0.1) is 0 Å². The molecule has 0 aromatic heterocycles. The van der Waals surface area contributed by atoms with Gasteiger partial charge in [0, 0.05) is 16.7 Å². The first-order chi connectivity index (χ1) is 8.58. The van der Waals surface area contributed by atoms with E-state index in [0.717, 1.165) is 0 Å². The van der Waals surface area contributed by atoms with Crippen LogP contribution in [0.3, 0.4) is 0 Å². The van der Waals surface area contributed by atoms with Crippen molar-refractivity contribution in [3.8, 4) is 0 Å². The lowest BCUT2D eigenvalue weighted by atomic mass is 10.2. The summed E-state index contributed by atoms with van der Waals surface area (Å²) in [6.45, 7) is 0. The van der Waals surface area contributed by atoms with Crippen molar-refractivity contribution in [1.82, 2.24) is 0 Å². The summed E-state index contributed by atoms with van der Waals surface area (Å²) in [7, 11) is 0. The van der Waals surface area contributed by atoms with E-state index < -0.39 is 5.82 Å². The number of nitrogens with zero attached hydrogens (tertiary/aromatic N) is 1. The predicted octanol–water partition coefficient (Wildman–Crippen LogP) is 4.39. The third-order valence-corrected chi connectivity index (χ3v) is 2.85. The van der Waals surface area contributed by atoms with Crippen molar-refractivity contribution in [3.05, 3.63) is 69.1 Å². The van der Waals surface area contributed by atoms with Gasteiger partial charge in [0.05, 0.1) is 5.02 Å². The molecule has 0 fully saturated rings. The lowest BCUT2D eigenvalue weighted by Gasteiger charge is -2.04. The van der Waals surface area contributed by atoms with E-state index >= 15 is 0 Å². The molecule has 0 aliphatic rings. The zero-order chi connectivity index (χ0) is 13.1. The van der Waals surface area contributed by atoms with Gasteiger partial charge in [0.1, 0.15) is 0 Å². The van der Waals surface area contributed by atoms with Crippen LogP contribution in [0.4, 0.5) is 10.1 Å². The first kappa shape index (κ1) is 12.9. The van der Waals surface area contributed by atoms with Crippen molar-refractivity contribution in [2.45, 2.75) is 0 Å². The van der Waals surface area contributed by atoms with Crippen LogP contribution < -0.4 is 0 Å². The molecule has 0 N–H and O–H groups in total. The van der Waals surface area contributed by atoms with Crippen LogP contribution in [-0.4, -0.2) is 11.0 Å².